The molecule has 1 aromatic carbocycles. The number of hydrogen-bond acceptors (Lipinski definition) is 1. The maximum Gasteiger partial charge on any atom is 0.233 e. The summed E-state index contributed by atoms with van der Waals surface area (Å²) in [4.78, 5) is 13.9. The molecule has 0 aliphatic carbocycles. The van der Waals surface area contributed by atoms with Gasteiger partial charge in [-0.3, -0.25) is 4.79 Å². The maximum absolute atomic E-state index is 12.1. The molecule has 0 bridgehead atoms. The second-order valence-electron chi connectivity index (χ2n) is 5.00. The first-order chi connectivity index (χ1) is 7.50. The monoisotopic (exact) mass is 215 g/mol. The summed E-state index contributed by atoms with van der Waals surface area (Å²) < 4.78 is 0. The van der Waals surface area contributed by atoms with Gasteiger partial charge >= 0.3 is 0 Å². The topological polar surface area (TPSA) is 20.3 Å². The molecular formula is C14H17NO. The Hall–Kier alpha value is -1.57. The highest BCUT2D eigenvalue weighted by atomic mass is 16.2. The summed E-state index contributed by atoms with van der Waals surface area (Å²) in [6.07, 6.45) is 0.763. The lowest BCUT2D eigenvalue weighted by Gasteiger charge is -2.19. The summed E-state index contributed by atoms with van der Waals surface area (Å²) in [6.45, 7) is 8.58. The summed E-state index contributed by atoms with van der Waals surface area (Å²) in [5.41, 5.74) is 1.79. The van der Waals surface area contributed by atoms with E-state index in [0.29, 0.717) is 6.54 Å². The molecule has 84 valence electrons. The van der Waals surface area contributed by atoms with Crippen LogP contribution in [0.2, 0.25) is 0 Å². The van der Waals surface area contributed by atoms with Crippen LogP contribution < -0.4 is 0 Å². The number of carbonyl (C=O) groups is 1. The average molecular weight is 215 g/mol. The van der Waals surface area contributed by atoms with Gasteiger partial charge in [0.05, 0.1) is 6.54 Å². The first-order valence-electron chi connectivity index (χ1n) is 5.54. The Kier molecular flexibility index (Phi) is 2.58. The first kappa shape index (κ1) is 10.9. The van der Waals surface area contributed by atoms with Crippen molar-refractivity contribution in [3.05, 3.63) is 48.2 Å². The van der Waals surface area contributed by atoms with Crippen LogP contribution in [0.5, 0.6) is 0 Å². The third kappa shape index (κ3) is 1.87. The number of nitrogens with zero attached hydrogens (tertiary/aromatic N) is 1. The van der Waals surface area contributed by atoms with Gasteiger partial charge in [0.25, 0.3) is 0 Å². The number of rotatable bonds is 2. The SMILES string of the molecule is C=C1CC(C)(C)C(=O)N1Cc1ccccc1. The largest absolute Gasteiger partial charge is 0.312 e. The van der Waals surface area contributed by atoms with E-state index in [1.165, 1.54) is 0 Å². The summed E-state index contributed by atoms with van der Waals surface area (Å²) in [5, 5.41) is 0. The Labute approximate surface area is 96.6 Å². The fraction of sp³-hybridized carbons (Fsp3) is 0.357. The molecule has 16 heavy (non-hydrogen) atoms. The molecule has 0 saturated carbocycles. The van der Waals surface area contributed by atoms with Gasteiger partial charge in [-0.05, 0) is 5.56 Å². The highest BCUT2D eigenvalue weighted by molar-refractivity contribution is 5.86. The molecule has 1 saturated heterocycles. The number of amides is 1. The lowest BCUT2D eigenvalue weighted by Crippen LogP contribution is -2.29. The second kappa shape index (κ2) is 3.78. The Balaban J connectivity index is 2.18. The van der Waals surface area contributed by atoms with Gasteiger partial charge in [-0.25, -0.2) is 0 Å². The van der Waals surface area contributed by atoms with E-state index in [1.54, 1.807) is 4.90 Å². The van der Waals surface area contributed by atoms with Gasteiger partial charge < -0.3 is 4.90 Å². The lowest BCUT2D eigenvalue weighted by atomic mass is 9.91. The zero-order valence-electron chi connectivity index (χ0n) is 9.86. The van der Waals surface area contributed by atoms with Crippen LogP contribution in [-0.2, 0) is 11.3 Å². The van der Waals surface area contributed by atoms with Gasteiger partial charge in [-0.1, -0.05) is 50.8 Å². The second-order valence-corrected chi connectivity index (χ2v) is 5.00. The Morgan fingerprint density at radius 1 is 1.31 bits per heavy atom. The molecule has 2 nitrogen and oxygen atoms in total. The zero-order valence-corrected chi connectivity index (χ0v) is 9.86. The molecular weight excluding hydrogens is 198 g/mol. The third-order valence-electron chi connectivity index (χ3n) is 3.04. The van der Waals surface area contributed by atoms with Crippen LogP contribution in [0.1, 0.15) is 25.8 Å². The lowest BCUT2D eigenvalue weighted by molar-refractivity contribution is -0.134. The quantitative estimate of drug-likeness (QED) is 0.742. The highest BCUT2D eigenvalue weighted by Gasteiger charge is 2.40. The van der Waals surface area contributed by atoms with Crippen molar-refractivity contribution in [2.75, 3.05) is 0 Å². The van der Waals surface area contributed by atoms with Crippen molar-refractivity contribution in [1.82, 2.24) is 4.90 Å². The van der Waals surface area contributed by atoms with Gasteiger partial charge in [0.15, 0.2) is 0 Å². The van der Waals surface area contributed by atoms with Crippen molar-refractivity contribution in [3.8, 4) is 0 Å². The minimum absolute atomic E-state index is 0.182. The Morgan fingerprint density at radius 2 is 1.94 bits per heavy atom. The molecule has 2 heteroatoms. The maximum atomic E-state index is 12.1. The van der Waals surface area contributed by atoms with Gasteiger partial charge in [0.1, 0.15) is 0 Å². The minimum Gasteiger partial charge on any atom is -0.312 e. The van der Waals surface area contributed by atoms with Crippen LogP contribution in [0.15, 0.2) is 42.6 Å². The molecule has 1 fully saturated rings. The fourth-order valence-corrected chi connectivity index (χ4v) is 2.14. The van der Waals surface area contributed by atoms with Crippen molar-refractivity contribution >= 4 is 5.91 Å². The van der Waals surface area contributed by atoms with Gasteiger partial charge in [0.2, 0.25) is 5.91 Å². The molecule has 0 unspecified atom stereocenters. The van der Waals surface area contributed by atoms with E-state index >= 15 is 0 Å². The van der Waals surface area contributed by atoms with E-state index in [0.717, 1.165) is 17.7 Å². The number of allylic oxidation sites excluding steroid dienone is 1. The first-order valence-corrected chi connectivity index (χ1v) is 5.54. The van der Waals surface area contributed by atoms with Gasteiger partial charge in [-0.15, -0.1) is 0 Å². The molecule has 2 rings (SSSR count). The van der Waals surface area contributed by atoms with Crippen LogP contribution in [-0.4, -0.2) is 10.8 Å². The van der Waals surface area contributed by atoms with E-state index in [-0.39, 0.29) is 11.3 Å². The fourth-order valence-electron chi connectivity index (χ4n) is 2.14. The van der Waals surface area contributed by atoms with E-state index < -0.39 is 0 Å². The summed E-state index contributed by atoms with van der Waals surface area (Å²) >= 11 is 0. The van der Waals surface area contributed by atoms with Crippen LogP contribution in [0.3, 0.4) is 0 Å². The molecule has 1 aromatic rings. The molecule has 0 spiro atoms. The van der Waals surface area contributed by atoms with Crippen LogP contribution >= 0.6 is 0 Å². The molecule has 0 atom stereocenters. The average Bonchev–Trinajstić information content (AvgIpc) is 2.42. The Morgan fingerprint density at radius 3 is 2.44 bits per heavy atom. The summed E-state index contributed by atoms with van der Waals surface area (Å²) in [7, 11) is 0. The predicted octanol–water partition coefficient (Wildman–Crippen LogP) is 2.96. The minimum atomic E-state index is -0.286. The van der Waals surface area contributed by atoms with Crippen molar-refractivity contribution in [2.24, 2.45) is 5.41 Å². The summed E-state index contributed by atoms with van der Waals surface area (Å²) in [5.74, 6) is 0.182. The molecule has 0 aromatic heterocycles. The Bertz CT molecular complexity index is 420. The van der Waals surface area contributed by atoms with E-state index in [4.69, 9.17) is 0 Å². The molecule has 0 radical (unpaired) electrons. The van der Waals surface area contributed by atoms with Crippen molar-refractivity contribution in [3.63, 3.8) is 0 Å². The van der Waals surface area contributed by atoms with E-state index in [1.807, 2.05) is 44.2 Å². The van der Waals surface area contributed by atoms with Crippen LogP contribution in [0.25, 0.3) is 0 Å². The van der Waals surface area contributed by atoms with Crippen molar-refractivity contribution in [2.45, 2.75) is 26.8 Å². The summed E-state index contributed by atoms with van der Waals surface area (Å²) in [6, 6.07) is 10.0. The zero-order chi connectivity index (χ0) is 11.8. The molecule has 1 heterocycles. The van der Waals surface area contributed by atoms with Gasteiger partial charge in [-0.2, -0.15) is 0 Å². The highest BCUT2D eigenvalue weighted by Crippen LogP contribution is 2.37. The normalized spacial score (nSPS) is 19.2. The molecule has 1 aliphatic heterocycles. The predicted molar refractivity (Wildman–Crippen MR) is 64.5 cm³/mol. The van der Waals surface area contributed by atoms with Crippen molar-refractivity contribution in [1.29, 1.82) is 0 Å². The van der Waals surface area contributed by atoms with Gasteiger partial charge in [0, 0.05) is 17.5 Å². The molecule has 1 aliphatic rings. The number of likely N-dealkylation sites (tertiary alicyclic amines) is 1. The smallest absolute Gasteiger partial charge is 0.233 e. The molecule has 1 amide bonds. The van der Waals surface area contributed by atoms with E-state index in [9.17, 15) is 4.79 Å². The third-order valence-corrected chi connectivity index (χ3v) is 3.04. The standard InChI is InChI=1S/C14H17NO/c1-11-9-14(2,3)13(16)15(11)10-12-7-5-4-6-8-12/h4-8H,1,9-10H2,2-3H3. The van der Waals surface area contributed by atoms with Crippen molar-refractivity contribution < 1.29 is 4.79 Å². The van der Waals surface area contributed by atoms with E-state index in [2.05, 4.69) is 6.58 Å². The van der Waals surface area contributed by atoms with Crippen LogP contribution in [0, 0.1) is 5.41 Å². The number of carbonyl (C=O) groups excluding carboxylic acids is 1. The van der Waals surface area contributed by atoms with Crippen LogP contribution in [0.4, 0.5) is 0 Å². The molecule has 0 N–H and O–H groups in total. The number of hydrogen-bond donors (Lipinski definition) is 0. The number of benzene rings is 1.